The number of hydrogen-bond acceptors (Lipinski definition) is 3. The molecule has 0 radical (unpaired) electrons. The molecule has 4 heteroatoms. The SMILES string of the molecule is CC(=NC(C)C)NNN. The highest BCUT2D eigenvalue weighted by Gasteiger charge is 1.88. The van der Waals surface area contributed by atoms with Gasteiger partial charge in [-0.25, -0.2) is 0 Å². The second kappa shape index (κ2) is 4.29. The molecule has 0 bridgehead atoms. The lowest BCUT2D eigenvalue weighted by molar-refractivity contribution is 0.682. The quantitative estimate of drug-likeness (QED) is 0.209. The van der Waals surface area contributed by atoms with Gasteiger partial charge in [-0.1, -0.05) is 0 Å². The van der Waals surface area contributed by atoms with Gasteiger partial charge in [0, 0.05) is 6.04 Å². The molecule has 0 spiro atoms. The predicted octanol–water partition coefficient (Wildman–Crippen LogP) is -0.219. The Bertz CT molecular complexity index is 97.1. The number of rotatable bonds is 2. The van der Waals surface area contributed by atoms with E-state index < -0.39 is 0 Å². The van der Waals surface area contributed by atoms with Crippen LogP contribution in [0, 0.1) is 0 Å². The summed E-state index contributed by atoms with van der Waals surface area (Å²) >= 11 is 0. The summed E-state index contributed by atoms with van der Waals surface area (Å²) in [4.78, 5) is 4.13. The van der Waals surface area contributed by atoms with E-state index in [0.717, 1.165) is 5.84 Å². The number of hydrogen-bond donors (Lipinski definition) is 3. The third kappa shape index (κ3) is 5.26. The molecule has 4 nitrogen and oxygen atoms in total. The average Bonchev–Trinajstić information content (AvgIpc) is 1.63. The molecule has 54 valence electrons. The van der Waals surface area contributed by atoms with Crippen molar-refractivity contribution in [2.75, 3.05) is 0 Å². The molecule has 0 aromatic carbocycles. The number of nitrogens with two attached hydrogens (primary N) is 1. The molecule has 0 fully saturated rings. The van der Waals surface area contributed by atoms with Gasteiger partial charge in [-0.15, -0.1) is 0 Å². The minimum atomic E-state index is 0.311. The molecule has 9 heavy (non-hydrogen) atoms. The van der Waals surface area contributed by atoms with Gasteiger partial charge in [-0.3, -0.25) is 16.3 Å². The fourth-order valence-electron chi connectivity index (χ4n) is 0.524. The predicted molar refractivity (Wildman–Crippen MR) is 38.7 cm³/mol. The summed E-state index contributed by atoms with van der Waals surface area (Å²) in [5.74, 6) is 5.76. The molecule has 0 aromatic rings. The van der Waals surface area contributed by atoms with Crippen LogP contribution in [0.5, 0.6) is 0 Å². The van der Waals surface area contributed by atoms with Crippen molar-refractivity contribution >= 4 is 5.84 Å². The molecule has 0 saturated carbocycles. The van der Waals surface area contributed by atoms with Gasteiger partial charge < -0.3 is 0 Å². The maximum atomic E-state index is 4.96. The molecule has 0 rings (SSSR count). The summed E-state index contributed by atoms with van der Waals surface area (Å²) in [6.45, 7) is 5.85. The van der Waals surface area contributed by atoms with E-state index >= 15 is 0 Å². The van der Waals surface area contributed by atoms with E-state index in [4.69, 9.17) is 5.84 Å². The van der Waals surface area contributed by atoms with Gasteiger partial charge in [0.25, 0.3) is 0 Å². The summed E-state index contributed by atoms with van der Waals surface area (Å²) in [7, 11) is 0. The molecular formula is C5H14N4. The van der Waals surface area contributed by atoms with Gasteiger partial charge in [0.15, 0.2) is 0 Å². The van der Waals surface area contributed by atoms with E-state index in [2.05, 4.69) is 16.0 Å². The molecular weight excluding hydrogens is 116 g/mol. The van der Waals surface area contributed by atoms with E-state index in [1.165, 1.54) is 0 Å². The number of hydrazine groups is 2. The lowest BCUT2D eigenvalue weighted by atomic mass is 10.4. The Balaban J connectivity index is 3.55. The minimum Gasteiger partial charge on any atom is -0.296 e. The Morgan fingerprint density at radius 2 is 2.11 bits per heavy atom. The second-order valence-electron chi connectivity index (χ2n) is 2.08. The van der Waals surface area contributed by atoms with Crippen molar-refractivity contribution in [2.24, 2.45) is 10.8 Å². The summed E-state index contributed by atoms with van der Waals surface area (Å²) in [5.41, 5.74) is 4.95. The smallest absolute Gasteiger partial charge is 0.109 e. The monoisotopic (exact) mass is 130 g/mol. The molecule has 0 heterocycles. The molecule has 0 aromatic heterocycles. The van der Waals surface area contributed by atoms with Crippen molar-refractivity contribution in [2.45, 2.75) is 26.8 Å². The first-order valence-corrected chi connectivity index (χ1v) is 2.93. The van der Waals surface area contributed by atoms with Crippen molar-refractivity contribution in [3.05, 3.63) is 0 Å². The van der Waals surface area contributed by atoms with Crippen LogP contribution in [0.1, 0.15) is 20.8 Å². The summed E-state index contributed by atoms with van der Waals surface area (Å²) < 4.78 is 0. The lowest BCUT2D eigenvalue weighted by Crippen LogP contribution is -2.41. The number of amidine groups is 1. The van der Waals surface area contributed by atoms with Crippen molar-refractivity contribution in [3.63, 3.8) is 0 Å². The Labute approximate surface area is 55.5 Å². The van der Waals surface area contributed by atoms with Crippen molar-refractivity contribution < 1.29 is 0 Å². The third-order valence-corrected chi connectivity index (χ3v) is 0.705. The highest BCUT2D eigenvalue weighted by Crippen LogP contribution is 1.84. The second-order valence-corrected chi connectivity index (χ2v) is 2.08. The van der Waals surface area contributed by atoms with Crippen LogP contribution in [0.4, 0.5) is 0 Å². The van der Waals surface area contributed by atoms with E-state index in [-0.39, 0.29) is 0 Å². The zero-order chi connectivity index (χ0) is 7.28. The molecule has 0 atom stereocenters. The minimum absolute atomic E-state index is 0.311. The lowest BCUT2D eigenvalue weighted by Gasteiger charge is -2.03. The van der Waals surface area contributed by atoms with Crippen LogP contribution in [0.3, 0.4) is 0 Å². The molecule has 0 saturated heterocycles. The summed E-state index contributed by atoms with van der Waals surface area (Å²) in [5, 5.41) is 0. The van der Waals surface area contributed by atoms with Crippen LogP contribution in [0.2, 0.25) is 0 Å². The standard InChI is InChI=1S/C5H14N4/c1-4(2)7-5(3)8-9-6/h4,9H,6H2,1-3H3,(H,7,8). The van der Waals surface area contributed by atoms with Gasteiger partial charge in [-0.05, 0) is 20.8 Å². The van der Waals surface area contributed by atoms with Crippen molar-refractivity contribution in [3.8, 4) is 0 Å². The van der Waals surface area contributed by atoms with Crippen molar-refractivity contribution in [1.29, 1.82) is 0 Å². The van der Waals surface area contributed by atoms with Gasteiger partial charge >= 0.3 is 0 Å². The molecule has 4 N–H and O–H groups in total. The van der Waals surface area contributed by atoms with Gasteiger partial charge in [0.2, 0.25) is 0 Å². The number of aliphatic imine (C=N–C) groups is 1. The van der Waals surface area contributed by atoms with Gasteiger partial charge in [0.1, 0.15) is 5.84 Å². The van der Waals surface area contributed by atoms with Crippen LogP contribution in [0.15, 0.2) is 4.99 Å². The largest absolute Gasteiger partial charge is 0.296 e. The molecule has 0 unspecified atom stereocenters. The van der Waals surface area contributed by atoms with Crippen LogP contribution in [0.25, 0.3) is 0 Å². The Kier molecular flexibility index (Phi) is 4.00. The zero-order valence-corrected chi connectivity index (χ0v) is 6.10. The van der Waals surface area contributed by atoms with E-state index in [9.17, 15) is 0 Å². The fraction of sp³-hybridized carbons (Fsp3) is 0.800. The molecule has 0 aliphatic rings. The van der Waals surface area contributed by atoms with E-state index in [0.29, 0.717) is 6.04 Å². The summed E-state index contributed by atoms with van der Waals surface area (Å²) in [6.07, 6.45) is 0. The van der Waals surface area contributed by atoms with Crippen molar-refractivity contribution in [1.82, 2.24) is 11.0 Å². The topological polar surface area (TPSA) is 62.4 Å². The maximum absolute atomic E-state index is 4.96. The van der Waals surface area contributed by atoms with Gasteiger partial charge in [-0.2, -0.15) is 5.53 Å². The Morgan fingerprint density at radius 3 is 2.44 bits per heavy atom. The fourth-order valence-corrected chi connectivity index (χ4v) is 0.524. The number of nitrogens with zero attached hydrogens (tertiary/aromatic N) is 1. The first-order chi connectivity index (χ1) is 4.16. The molecule has 0 amide bonds. The summed E-state index contributed by atoms with van der Waals surface area (Å²) in [6, 6.07) is 0.311. The molecule has 0 aliphatic heterocycles. The average molecular weight is 130 g/mol. The highest BCUT2D eigenvalue weighted by atomic mass is 15.5. The first kappa shape index (κ1) is 8.39. The maximum Gasteiger partial charge on any atom is 0.109 e. The third-order valence-electron chi connectivity index (χ3n) is 0.705. The normalized spacial score (nSPS) is 12.3. The van der Waals surface area contributed by atoms with Gasteiger partial charge in [0.05, 0.1) is 0 Å². The molecule has 0 aliphatic carbocycles. The first-order valence-electron chi connectivity index (χ1n) is 2.93. The van der Waals surface area contributed by atoms with E-state index in [1.807, 2.05) is 20.8 Å². The number of nitrogens with one attached hydrogen (secondary N) is 2. The van der Waals surface area contributed by atoms with Crippen LogP contribution >= 0.6 is 0 Å². The highest BCUT2D eigenvalue weighted by molar-refractivity contribution is 5.78. The Hall–Kier alpha value is -0.610. The van der Waals surface area contributed by atoms with Crippen LogP contribution < -0.4 is 16.8 Å². The van der Waals surface area contributed by atoms with E-state index in [1.54, 1.807) is 0 Å². The van der Waals surface area contributed by atoms with Crippen LogP contribution in [-0.2, 0) is 0 Å². The zero-order valence-electron chi connectivity index (χ0n) is 6.10. The Morgan fingerprint density at radius 1 is 1.56 bits per heavy atom. The van der Waals surface area contributed by atoms with Crippen LogP contribution in [-0.4, -0.2) is 11.9 Å².